The molecule has 8 nitrogen and oxygen atoms in total. The van der Waals surface area contributed by atoms with E-state index in [4.69, 9.17) is 4.74 Å². The van der Waals surface area contributed by atoms with Crippen LogP contribution in [0, 0.1) is 5.41 Å². The molecule has 2 heterocycles. The standard InChI is InChI=1S/C20H28N4O4S/c1-28-12-11-24-17-8-4-5-9-20(17,10-13-29(24,26)27)19(25)21-14-18-22-15-6-2-3-7-16(15)23-18/h2-3,6-7,17H,4-5,8-14H2,1H3,(H,21,25)(H,22,23)/t17-,20-/m1/s1. The maximum Gasteiger partial charge on any atom is 0.228 e. The Morgan fingerprint density at radius 1 is 1.34 bits per heavy atom. The molecule has 2 fully saturated rings. The van der Waals surface area contributed by atoms with Gasteiger partial charge in [-0.05, 0) is 31.4 Å². The van der Waals surface area contributed by atoms with Crippen molar-refractivity contribution in [1.29, 1.82) is 0 Å². The fourth-order valence-electron chi connectivity index (χ4n) is 4.84. The zero-order valence-electron chi connectivity index (χ0n) is 16.7. The summed E-state index contributed by atoms with van der Waals surface area (Å²) < 4.78 is 32.1. The van der Waals surface area contributed by atoms with E-state index in [0.29, 0.717) is 44.8 Å². The summed E-state index contributed by atoms with van der Waals surface area (Å²) >= 11 is 0. The second-order valence-corrected chi connectivity index (χ2v) is 10.0. The van der Waals surface area contributed by atoms with Gasteiger partial charge >= 0.3 is 0 Å². The summed E-state index contributed by atoms with van der Waals surface area (Å²) in [7, 11) is -1.81. The van der Waals surface area contributed by atoms with Crippen LogP contribution < -0.4 is 5.32 Å². The van der Waals surface area contributed by atoms with E-state index in [1.807, 2.05) is 24.3 Å². The van der Waals surface area contributed by atoms with Crippen LogP contribution in [0.5, 0.6) is 0 Å². The number of hydrogen-bond acceptors (Lipinski definition) is 5. The maximum atomic E-state index is 13.4. The Balaban J connectivity index is 1.54. The molecule has 4 rings (SSSR count). The van der Waals surface area contributed by atoms with Gasteiger partial charge in [-0.2, -0.15) is 4.31 Å². The number of carbonyl (C=O) groups excluding carboxylic acids is 1. The number of amides is 1. The highest BCUT2D eigenvalue weighted by atomic mass is 32.2. The first-order valence-corrected chi connectivity index (χ1v) is 11.8. The molecule has 1 saturated heterocycles. The molecule has 2 N–H and O–H groups in total. The number of sulfonamides is 1. The molecular formula is C20H28N4O4S. The number of aromatic amines is 1. The van der Waals surface area contributed by atoms with Gasteiger partial charge in [0.25, 0.3) is 0 Å². The van der Waals surface area contributed by atoms with Crippen molar-refractivity contribution in [3.63, 3.8) is 0 Å². The third kappa shape index (κ3) is 3.78. The van der Waals surface area contributed by atoms with Crippen molar-refractivity contribution in [1.82, 2.24) is 19.6 Å². The van der Waals surface area contributed by atoms with E-state index in [0.717, 1.165) is 23.9 Å². The van der Waals surface area contributed by atoms with Gasteiger partial charge in [0.05, 0.1) is 35.4 Å². The predicted molar refractivity (Wildman–Crippen MR) is 110 cm³/mol. The Bertz CT molecular complexity index is 956. The van der Waals surface area contributed by atoms with Gasteiger partial charge in [-0.25, -0.2) is 13.4 Å². The smallest absolute Gasteiger partial charge is 0.228 e. The summed E-state index contributed by atoms with van der Waals surface area (Å²) in [6.45, 7) is 0.918. The number of carbonyl (C=O) groups is 1. The molecule has 1 aromatic heterocycles. The second kappa shape index (κ2) is 8.04. The largest absolute Gasteiger partial charge is 0.383 e. The van der Waals surface area contributed by atoms with E-state index in [1.54, 1.807) is 7.11 Å². The minimum Gasteiger partial charge on any atom is -0.383 e. The van der Waals surface area contributed by atoms with Gasteiger partial charge in [0.1, 0.15) is 5.82 Å². The van der Waals surface area contributed by atoms with Crippen molar-refractivity contribution in [2.75, 3.05) is 26.0 Å². The van der Waals surface area contributed by atoms with Gasteiger partial charge in [0.2, 0.25) is 15.9 Å². The van der Waals surface area contributed by atoms with Crippen molar-refractivity contribution >= 4 is 27.0 Å². The highest BCUT2D eigenvalue weighted by molar-refractivity contribution is 7.89. The van der Waals surface area contributed by atoms with Crippen LogP contribution in [0.3, 0.4) is 0 Å². The average molecular weight is 421 g/mol. The molecule has 1 saturated carbocycles. The predicted octanol–water partition coefficient (Wildman–Crippen LogP) is 1.79. The van der Waals surface area contributed by atoms with Crippen LogP contribution in [-0.4, -0.2) is 60.7 Å². The Morgan fingerprint density at radius 3 is 2.97 bits per heavy atom. The number of methoxy groups -OCH3 is 1. The molecular weight excluding hydrogens is 392 g/mol. The van der Waals surface area contributed by atoms with E-state index < -0.39 is 15.4 Å². The Kier molecular flexibility index (Phi) is 5.63. The van der Waals surface area contributed by atoms with E-state index >= 15 is 0 Å². The van der Waals surface area contributed by atoms with Crippen LogP contribution in [0.1, 0.15) is 37.9 Å². The topological polar surface area (TPSA) is 104 Å². The maximum absolute atomic E-state index is 13.4. The highest BCUT2D eigenvalue weighted by Gasteiger charge is 2.55. The second-order valence-electron chi connectivity index (χ2n) is 7.97. The SMILES string of the molecule is COCCN1[C@@H]2CCCC[C@@]2(C(=O)NCc2nc3ccccc3[nH]2)CCS1(=O)=O. The quantitative estimate of drug-likeness (QED) is 0.741. The monoisotopic (exact) mass is 420 g/mol. The van der Waals surface area contributed by atoms with Gasteiger partial charge < -0.3 is 15.0 Å². The molecule has 2 aliphatic rings. The molecule has 9 heteroatoms. The van der Waals surface area contributed by atoms with E-state index in [9.17, 15) is 13.2 Å². The minimum absolute atomic E-state index is 0.00523. The summed E-state index contributed by atoms with van der Waals surface area (Å²) in [5.74, 6) is 0.633. The number of nitrogens with one attached hydrogen (secondary N) is 2. The minimum atomic E-state index is -3.37. The third-order valence-corrected chi connectivity index (χ3v) is 8.19. The third-order valence-electron chi connectivity index (χ3n) is 6.32. The molecule has 0 spiro atoms. The van der Waals surface area contributed by atoms with Crippen LogP contribution >= 0.6 is 0 Å². The van der Waals surface area contributed by atoms with Crippen LogP contribution in [0.15, 0.2) is 24.3 Å². The Labute approximate surface area is 171 Å². The number of para-hydroxylation sites is 2. The molecule has 1 aliphatic heterocycles. The van der Waals surface area contributed by atoms with Gasteiger partial charge in [0.15, 0.2) is 0 Å². The lowest BCUT2D eigenvalue weighted by Gasteiger charge is -2.50. The van der Waals surface area contributed by atoms with Crippen molar-refractivity contribution in [3.8, 4) is 0 Å². The van der Waals surface area contributed by atoms with Gasteiger partial charge in [-0.1, -0.05) is 25.0 Å². The van der Waals surface area contributed by atoms with Crippen LogP contribution in [0.25, 0.3) is 11.0 Å². The first-order valence-electron chi connectivity index (χ1n) is 10.2. The zero-order chi connectivity index (χ0) is 20.5. The van der Waals surface area contributed by atoms with Crippen LogP contribution in [0.2, 0.25) is 0 Å². The van der Waals surface area contributed by atoms with Gasteiger partial charge in [0, 0.05) is 19.7 Å². The summed E-state index contributed by atoms with van der Waals surface area (Å²) in [6, 6.07) is 7.43. The summed E-state index contributed by atoms with van der Waals surface area (Å²) in [5, 5.41) is 3.04. The first-order chi connectivity index (χ1) is 14.0. The van der Waals surface area contributed by atoms with E-state index in [1.165, 1.54) is 4.31 Å². The molecule has 1 aliphatic carbocycles. The molecule has 0 bridgehead atoms. The molecule has 29 heavy (non-hydrogen) atoms. The highest BCUT2D eigenvalue weighted by Crippen LogP contribution is 2.46. The molecule has 0 unspecified atom stereocenters. The van der Waals surface area contributed by atoms with E-state index in [-0.39, 0.29) is 17.7 Å². The lowest BCUT2D eigenvalue weighted by atomic mass is 9.67. The molecule has 1 amide bonds. The number of ether oxygens (including phenoxy) is 1. The Hall–Kier alpha value is -1.97. The normalized spacial score (nSPS) is 26.9. The number of benzene rings is 1. The fraction of sp³-hybridized carbons (Fsp3) is 0.600. The first kappa shape index (κ1) is 20.3. The van der Waals surface area contributed by atoms with Crippen molar-refractivity contribution in [2.24, 2.45) is 5.41 Å². The Morgan fingerprint density at radius 2 is 2.17 bits per heavy atom. The molecule has 2 atom stereocenters. The number of hydrogen-bond donors (Lipinski definition) is 2. The van der Waals surface area contributed by atoms with Crippen molar-refractivity contribution in [2.45, 2.75) is 44.7 Å². The average Bonchev–Trinajstić information content (AvgIpc) is 3.14. The molecule has 0 radical (unpaired) electrons. The van der Waals surface area contributed by atoms with Crippen LogP contribution in [-0.2, 0) is 26.1 Å². The van der Waals surface area contributed by atoms with Gasteiger partial charge in [-0.15, -0.1) is 0 Å². The fourth-order valence-corrected chi connectivity index (χ4v) is 6.74. The lowest BCUT2D eigenvalue weighted by molar-refractivity contribution is -0.137. The number of H-pyrrole nitrogens is 1. The summed E-state index contributed by atoms with van der Waals surface area (Å²) in [5.41, 5.74) is 1.11. The number of aromatic nitrogens is 2. The molecule has 158 valence electrons. The van der Waals surface area contributed by atoms with Crippen molar-refractivity contribution in [3.05, 3.63) is 30.1 Å². The number of rotatable bonds is 6. The number of nitrogens with zero attached hydrogens (tertiary/aromatic N) is 2. The van der Waals surface area contributed by atoms with Gasteiger partial charge in [-0.3, -0.25) is 4.79 Å². The number of fused-ring (bicyclic) bond motifs is 2. The van der Waals surface area contributed by atoms with E-state index in [2.05, 4.69) is 15.3 Å². The lowest BCUT2D eigenvalue weighted by Crippen LogP contribution is -2.63. The van der Waals surface area contributed by atoms with Crippen LogP contribution in [0.4, 0.5) is 0 Å². The molecule has 1 aromatic carbocycles. The molecule has 2 aromatic rings. The summed E-state index contributed by atoms with van der Waals surface area (Å²) in [4.78, 5) is 21.1. The number of imidazole rings is 1. The zero-order valence-corrected chi connectivity index (χ0v) is 17.5. The summed E-state index contributed by atoms with van der Waals surface area (Å²) in [6.07, 6.45) is 3.66. The van der Waals surface area contributed by atoms with Crippen molar-refractivity contribution < 1.29 is 17.9 Å².